The number of carbonyl (C=O) groups is 5. The van der Waals surface area contributed by atoms with Gasteiger partial charge in [-0.2, -0.15) is 0 Å². The van der Waals surface area contributed by atoms with Crippen molar-refractivity contribution in [2.45, 2.75) is 58.1 Å². The number of hydrogen-bond donors (Lipinski definition) is 3. The number of ether oxygens (including phenoxy) is 1. The minimum atomic E-state index is -1.23. The first-order valence-electron chi connectivity index (χ1n) is 13.2. The summed E-state index contributed by atoms with van der Waals surface area (Å²) in [6.45, 7) is 3.36. The maximum absolute atomic E-state index is 12.9. The van der Waals surface area contributed by atoms with E-state index in [4.69, 9.17) is 4.74 Å². The fourth-order valence-electron chi connectivity index (χ4n) is 4.91. The number of carbonyl (C=O) groups excluding carboxylic acids is 4. The zero-order chi connectivity index (χ0) is 27.5. The van der Waals surface area contributed by atoms with Crippen LogP contribution in [0, 0.1) is 11.8 Å². The molecule has 2 heterocycles. The highest BCUT2D eigenvalue weighted by Gasteiger charge is 2.30. The van der Waals surface area contributed by atoms with Crippen LogP contribution in [-0.2, 0) is 30.5 Å². The lowest BCUT2D eigenvalue weighted by Crippen LogP contribution is -2.51. The number of nitrogens with zero attached hydrogens (tertiary/aromatic N) is 2. The number of benzene rings is 1. The Labute approximate surface area is 222 Å². The van der Waals surface area contributed by atoms with Crippen LogP contribution < -0.4 is 10.6 Å². The Morgan fingerprint density at radius 3 is 2.39 bits per heavy atom. The molecule has 11 heteroatoms. The number of nitrogens with one attached hydrogen (secondary N) is 2. The summed E-state index contributed by atoms with van der Waals surface area (Å²) in [6.07, 6.45) is 3.76. The van der Waals surface area contributed by atoms with Crippen LogP contribution in [0.4, 0.5) is 4.79 Å². The van der Waals surface area contributed by atoms with Crippen molar-refractivity contribution >= 4 is 29.8 Å². The molecule has 0 aromatic heterocycles. The lowest BCUT2D eigenvalue weighted by atomic mass is 9.91. The van der Waals surface area contributed by atoms with Crippen LogP contribution in [0.2, 0.25) is 0 Å². The third-order valence-corrected chi connectivity index (χ3v) is 7.15. The molecule has 0 saturated carbocycles. The average Bonchev–Trinajstić information content (AvgIpc) is 2.93. The van der Waals surface area contributed by atoms with Crippen LogP contribution in [0.25, 0.3) is 0 Å². The number of piperidine rings is 2. The minimum absolute atomic E-state index is 0.00820. The monoisotopic (exact) mass is 530 g/mol. The van der Waals surface area contributed by atoms with Crippen molar-refractivity contribution < 1.29 is 33.8 Å². The summed E-state index contributed by atoms with van der Waals surface area (Å²) in [7, 11) is 0. The smallest absolute Gasteiger partial charge is 0.410 e. The van der Waals surface area contributed by atoms with Crippen molar-refractivity contribution in [3.63, 3.8) is 0 Å². The molecule has 3 rings (SSSR count). The van der Waals surface area contributed by atoms with Crippen molar-refractivity contribution in [2.24, 2.45) is 11.8 Å². The van der Waals surface area contributed by atoms with E-state index in [1.54, 1.807) is 9.80 Å². The van der Waals surface area contributed by atoms with Crippen molar-refractivity contribution in [2.75, 3.05) is 32.7 Å². The number of rotatable bonds is 10. The van der Waals surface area contributed by atoms with Crippen LogP contribution in [0.15, 0.2) is 30.3 Å². The van der Waals surface area contributed by atoms with Crippen molar-refractivity contribution in [1.29, 1.82) is 0 Å². The van der Waals surface area contributed by atoms with Gasteiger partial charge in [0.1, 0.15) is 12.6 Å². The summed E-state index contributed by atoms with van der Waals surface area (Å²) in [5.74, 6) is -2.09. The normalized spacial score (nSPS) is 18.8. The third-order valence-electron chi connectivity index (χ3n) is 7.15. The number of hydrogen-bond acceptors (Lipinski definition) is 6. The van der Waals surface area contributed by atoms with Gasteiger partial charge >= 0.3 is 12.1 Å². The van der Waals surface area contributed by atoms with Gasteiger partial charge in [0.25, 0.3) is 0 Å². The fraction of sp³-hybridized carbons (Fsp3) is 0.593. The molecule has 1 aromatic carbocycles. The van der Waals surface area contributed by atoms with E-state index in [1.807, 2.05) is 30.3 Å². The topological polar surface area (TPSA) is 145 Å². The number of amides is 4. The Balaban J connectivity index is 1.35. The molecule has 2 aliphatic rings. The molecule has 11 nitrogen and oxygen atoms in total. The molecule has 1 unspecified atom stereocenters. The zero-order valence-corrected chi connectivity index (χ0v) is 21.9. The van der Waals surface area contributed by atoms with E-state index < -0.39 is 23.8 Å². The summed E-state index contributed by atoms with van der Waals surface area (Å²) < 4.78 is 5.41. The summed E-state index contributed by atoms with van der Waals surface area (Å²) in [6, 6.07) is 8.35. The molecule has 2 aliphatic heterocycles. The molecule has 0 radical (unpaired) electrons. The van der Waals surface area contributed by atoms with E-state index in [0.29, 0.717) is 51.4 Å². The first-order valence-corrected chi connectivity index (χ1v) is 13.2. The standard InChI is InChI=1S/C27H38N4O7/c1-19(32)29-23(26(35)36)16-28-25(34)22-8-5-13-31(17-22)24(33)10-9-20-11-14-30(15-12-20)27(37)38-18-21-6-3-2-4-7-21/h2-4,6-7,20,22-23H,5,8-18H2,1H3,(H,28,34)(H,29,32)(H,35,36)/t22-,23?/m1/s1. The molecule has 2 fully saturated rings. The van der Waals surface area contributed by atoms with Crippen molar-refractivity contribution in [3.05, 3.63) is 35.9 Å². The molecule has 38 heavy (non-hydrogen) atoms. The Morgan fingerprint density at radius 2 is 1.74 bits per heavy atom. The maximum atomic E-state index is 12.9. The molecule has 2 saturated heterocycles. The molecule has 0 spiro atoms. The maximum Gasteiger partial charge on any atom is 0.410 e. The first-order chi connectivity index (χ1) is 18.2. The van der Waals surface area contributed by atoms with E-state index >= 15 is 0 Å². The number of likely N-dealkylation sites (tertiary alicyclic amines) is 2. The Morgan fingerprint density at radius 1 is 1.03 bits per heavy atom. The molecule has 4 amide bonds. The van der Waals surface area contributed by atoms with Crippen LogP contribution in [-0.4, -0.2) is 83.5 Å². The highest BCUT2D eigenvalue weighted by Crippen LogP contribution is 2.24. The predicted molar refractivity (Wildman–Crippen MR) is 138 cm³/mol. The van der Waals surface area contributed by atoms with Gasteiger partial charge in [-0.3, -0.25) is 14.4 Å². The van der Waals surface area contributed by atoms with Crippen LogP contribution in [0.1, 0.15) is 51.0 Å². The molecule has 3 N–H and O–H groups in total. The van der Waals surface area contributed by atoms with Crippen LogP contribution >= 0.6 is 0 Å². The van der Waals surface area contributed by atoms with Crippen LogP contribution in [0.3, 0.4) is 0 Å². The van der Waals surface area contributed by atoms with Gasteiger partial charge in [0, 0.05) is 46.1 Å². The Hall–Kier alpha value is -3.63. The SMILES string of the molecule is CC(=O)NC(CNC(=O)[C@@H]1CCCN(C(=O)CCC2CCN(C(=O)OCc3ccccc3)CC2)C1)C(=O)O. The van der Waals surface area contributed by atoms with E-state index in [2.05, 4.69) is 10.6 Å². The van der Waals surface area contributed by atoms with Gasteiger partial charge in [-0.05, 0) is 43.6 Å². The van der Waals surface area contributed by atoms with E-state index in [0.717, 1.165) is 24.8 Å². The second-order valence-electron chi connectivity index (χ2n) is 10.0. The molecule has 0 bridgehead atoms. The molecular weight excluding hydrogens is 492 g/mol. The summed E-state index contributed by atoms with van der Waals surface area (Å²) >= 11 is 0. The Kier molecular flexibility index (Phi) is 10.9. The highest BCUT2D eigenvalue weighted by molar-refractivity contribution is 5.84. The van der Waals surface area contributed by atoms with E-state index in [1.165, 1.54) is 6.92 Å². The number of carboxylic acid groups (broad SMARTS) is 1. The van der Waals surface area contributed by atoms with Crippen LogP contribution in [0.5, 0.6) is 0 Å². The Bertz CT molecular complexity index is 979. The van der Waals surface area contributed by atoms with Gasteiger partial charge in [0.05, 0.1) is 5.92 Å². The molecule has 2 atom stereocenters. The zero-order valence-electron chi connectivity index (χ0n) is 21.9. The van der Waals surface area contributed by atoms with E-state index in [9.17, 15) is 29.1 Å². The van der Waals surface area contributed by atoms with Crippen molar-refractivity contribution in [3.8, 4) is 0 Å². The van der Waals surface area contributed by atoms with Gasteiger partial charge in [-0.25, -0.2) is 9.59 Å². The lowest BCUT2D eigenvalue weighted by Gasteiger charge is -2.34. The summed E-state index contributed by atoms with van der Waals surface area (Å²) in [4.78, 5) is 63.7. The van der Waals surface area contributed by atoms with Gasteiger partial charge in [0.2, 0.25) is 17.7 Å². The van der Waals surface area contributed by atoms with Gasteiger partial charge in [0.15, 0.2) is 0 Å². The molecular formula is C27H38N4O7. The van der Waals surface area contributed by atoms with Gasteiger partial charge in [-0.1, -0.05) is 30.3 Å². The first kappa shape index (κ1) is 28.9. The minimum Gasteiger partial charge on any atom is -0.480 e. The van der Waals surface area contributed by atoms with E-state index in [-0.39, 0.29) is 31.1 Å². The molecule has 208 valence electrons. The molecule has 1 aromatic rings. The van der Waals surface area contributed by atoms with Gasteiger partial charge in [-0.15, -0.1) is 0 Å². The average molecular weight is 531 g/mol. The number of carboxylic acids is 1. The number of aliphatic carboxylic acids is 1. The highest BCUT2D eigenvalue weighted by atomic mass is 16.6. The second-order valence-corrected chi connectivity index (χ2v) is 10.0. The van der Waals surface area contributed by atoms with Crippen molar-refractivity contribution in [1.82, 2.24) is 20.4 Å². The van der Waals surface area contributed by atoms with Gasteiger partial charge < -0.3 is 30.3 Å². The summed E-state index contributed by atoms with van der Waals surface area (Å²) in [5, 5.41) is 14.1. The second kappa shape index (κ2) is 14.3. The molecule has 0 aliphatic carbocycles. The summed E-state index contributed by atoms with van der Waals surface area (Å²) in [5.41, 5.74) is 0.945. The quantitative estimate of drug-likeness (QED) is 0.418. The third kappa shape index (κ3) is 9.04. The fourth-order valence-corrected chi connectivity index (χ4v) is 4.91. The largest absolute Gasteiger partial charge is 0.480 e. The lowest BCUT2D eigenvalue weighted by molar-refractivity contribution is -0.141. The predicted octanol–water partition coefficient (Wildman–Crippen LogP) is 1.76.